The molecule has 0 fully saturated rings. The van der Waals surface area contributed by atoms with Crippen LogP contribution in [0.15, 0.2) is 58.2 Å². The standard InChI is InChI=1S/C20H20N6O3S2/c1-3-29-18(27)16-14(21-19(28)22-17(16)15-5-4-10-30-15)11-31-20-23-24-25-26(20)13-8-6-12(2)7-9-13/h4-10,17H,3,11H2,1-2H3,(H2,21,22,28)/t17-/m1/s1. The van der Waals surface area contributed by atoms with E-state index in [1.165, 1.54) is 23.1 Å². The minimum atomic E-state index is -0.573. The van der Waals surface area contributed by atoms with Crippen LogP contribution >= 0.6 is 23.1 Å². The summed E-state index contributed by atoms with van der Waals surface area (Å²) in [5.74, 6) is -0.183. The quantitative estimate of drug-likeness (QED) is 0.415. The second-order valence-electron chi connectivity index (χ2n) is 6.66. The molecule has 31 heavy (non-hydrogen) atoms. The fourth-order valence-corrected chi connectivity index (χ4v) is 4.75. The molecule has 0 bridgehead atoms. The Morgan fingerprint density at radius 3 is 2.81 bits per heavy atom. The number of urea groups is 1. The van der Waals surface area contributed by atoms with Gasteiger partial charge in [-0.3, -0.25) is 0 Å². The first kappa shape index (κ1) is 21.1. The van der Waals surface area contributed by atoms with Gasteiger partial charge in [0, 0.05) is 16.3 Å². The zero-order valence-electron chi connectivity index (χ0n) is 16.9. The summed E-state index contributed by atoms with van der Waals surface area (Å²) in [7, 11) is 0. The molecule has 0 saturated heterocycles. The lowest BCUT2D eigenvalue weighted by Crippen LogP contribution is -2.46. The first-order chi connectivity index (χ1) is 15.1. The third-order valence-electron chi connectivity index (χ3n) is 4.54. The van der Waals surface area contributed by atoms with E-state index in [-0.39, 0.29) is 18.4 Å². The highest BCUT2D eigenvalue weighted by molar-refractivity contribution is 7.99. The summed E-state index contributed by atoms with van der Waals surface area (Å²) in [6, 6.07) is 10.6. The highest BCUT2D eigenvalue weighted by Crippen LogP contribution is 2.32. The highest BCUT2D eigenvalue weighted by atomic mass is 32.2. The lowest BCUT2D eigenvalue weighted by molar-refractivity contribution is -0.139. The molecular weight excluding hydrogens is 436 g/mol. The van der Waals surface area contributed by atoms with Crippen LogP contribution in [0, 0.1) is 6.92 Å². The van der Waals surface area contributed by atoms with E-state index in [9.17, 15) is 9.59 Å². The minimum absolute atomic E-state index is 0.236. The molecule has 9 nitrogen and oxygen atoms in total. The van der Waals surface area contributed by atoms with E-state index >= 15 is 0 Å². The van der Waals surface area contributed by atoms with E-state index in [4.69, 9.17) is 4.74 Å². The van der Waals surface area contributed by atoms with Crippen molar-refractivity contribution in [1.29, 1.82) is 0 Å². The molecule has 1 aliphatic rings. The molecule has 0 radical (unpaired) electrons. The first-order valence-electron chi connectivity index (χ1n) is 9.56. The van der Waals surface area contributed by atoms with E-state index in [2.05, 4.69) is 26.2 Å². The number of aryl methyl sites for hydroxylation is 1. The summed E-state index contributed by atoms with van der Waals surface area (Å²) in [5.41, 5.74) is 2.81. The number of ether oxygens (including phenoxy) is 1. The normalized spacial score (nSPS) is 16.1. The lowest BCUT2D eigenvalue weighted by Gasteiger charge is -2.28. The molecule has 1 aliphatic heterocycles. The molecule has 2 aromatic heterocycles. The van der Waals surface area contributed by atoms with Crippen LogP contribution in [0.1, 0.15) is 23.4 Å². The maximum Gasteiger partial charge on any atom is 0.338 e. The number of nitrogens with zero attached hydrogens (tertiary/aromatic N) is 4. The van der Waals surface area contributed by atoms with Crippen LogP contribution in [-0.2, 0) is 9.53 Å². The Balaban J connectivity index is 1.64. The number of amides is 2. The Labute approximate surface area is 186 Å². The summed E-state index contributed by atoms with van der Waals surface area (Å²) in [4.78, 5) is 26.0. The second-order valence-corrected chi connectivity index (χ2v) is 8.58. The number of hydrogen-bond donors (Lipinski definition) is 2. The van der Waals surface area contributed by atoms with E-state index in [1.807, 2.05) is 48.7 Å². The molecule has 0 spiro atoms. The SMILES string of the molecule is CCOC(=O)C1=C(CSc2nnnn2-c2ccc(C)cc2)NC(=O)N[C@@H]1c1cccs1. The number of nitrogens with one attached hydrogen (secondary N) is 2. The van der Waals surface area contributed by atoms with Crippen molar-refractivity contribution in [2.45, 2.75) is 25.0 Å². The molecule has 2 amide bonds. The number of carbonyl (C=O) groups is 2. The van der Waals surface area contributed by atoms with Gasteiger partial charge in [-0.2, -0.15) is 4.68 Å². The van der Waals surface area contributed by atoms with Crippen LogP contribution in [0.25, 0.3) is 5.69 Å². The van der Waals surface area contributed by atoms with Crippen LogP contribution in [0.5, 0.6) is 0 Å². The van der Waals surface area contributed by atoms with Crippen molar-refractivity contribution in [2.75, 3.05) is 12.4 Å². The molecule has 160 valence electrons. The van der Waals surface area contributed by atoms with Gasteiger partial charge in [-0.25, -0.2) is 9.59 Å². The molecule has 0 saturated carbocycles. The van der Waals surface area contributed by atoms with Crippen LogP contribution in [-0.4, -0.2) is 44.6 Å². The van der Waals surface area contributed by atoms with Gasteiger partial charge >= 0.3 is 12.0 Å². The Morgan fingerprint density at radius 1 is 1.29 bits per heavy atom. The Hall–Kier alpha value is -3.18. The van der Waals surface area contributed by atoms with Crippen molar-refractivity contribution in [2.24, 2.45) is 0 Å². The average molecular weight is 457 g/mol. The molecule has 11 heteroatoms. The van der Waals surface area contributed by atoms with Crippen molar-refractivity contribution in [1.82, 2.24) is 30.8 Å². The van der Waals surface area contributed by atoms with Gasteiger partial charge < -0.3 is 15.4 Å². The number of thioether (sulfide) groups is 1. The fourth-order valence-electron chi connectivity index (χ4n) is 3.10. The predicted octanol–water partition coefficient (Wildman–Crippen LogP) is 3.00. The van der Waals surface area contributed by atoms with E-state index in [1.54, 1.807) is 11.6 Å². The molecule has 4 rings (SSSR count). The summed E-state index contributed by atoms with van der Waals surface area (Å²) < 4.78 is 6.90. The fraction of sp³-hybridized carbons (Fsp3) is 0.250. The van der Waals surface area contributed by atoms with Gasteiger partial charge in [-0.15, -0.1) is 16.4 Å². The molecule has 3 aromatic rings. The number of thiophene rings is 1. The lowest BCUT2D eigenvalue weighted by atomic mass is 10.0. The Bertz CT molecular complexity index is 1110. The van der Waals surface area contributed by atoms with Gasteiger partial charge in [0.15, 0.2) is 0 Å². The molecule has 2 N–H and O–H groups in total. The molecule has 3 heterocycles. The third kappa shape index (κ3) is 4.62. The largest absolute Gasteiger partial charge is 0.463 e. The number of rotatable bonds is 7. The highest BCUT2D eigenvalue weighted by Gasteiger charge is 2.34. The van der Waals surface area contributed by atoms with Crippen LogP contribution in [0.3, 0.4) is 0 Å². The van der Waals surface area contributed by atoms with Gasteiger partial charge in [-0.1, -0.05) is 35.5 Å². The van der Waals surface area contributed by atoms with Crippen molar-refractivity contribution < 1.29 is 14.3 Å². The number of hydrogen-bond acceptors (Lipinski definition) is 8. The average Bonchev–Trinajstić information content (AvgIpc) is 3.45. The molecule has 1 atom stereocenters. The number of carbonyl (C=O) groups excluding carboxylic acids is 2. The topological polar surface area (TPSA) is 111 Å². The van der Waals surface area contributed by atoms with Gasteiger partial charge in [0.2, 0.25) is 5.16 Å². The second kappa shape index (κ2) is 9.31. The Kier molecular flexibility index (Phi) is 6.33. The maximum absolute atomic E-state index is 12.8. The Morgan fingerprint density at radius 2 is 2.10 bits per heavy atom. The third-order valence-corrected chi connectivity index (χ3v) is 6.42. The first-order valence-corrected chi connectivity index (χ1v) is 11.4. The van der Waals surface area contributed by atoms with Crippen LogP contribution in [0.2, 0.25) is 0 Å². The number of esters is 1. The summed E-state index contributed by atoms with van der Waals surface area (Å²) in [6.07, 6.45) is 0. The van der Waals surface area contributed by atoms with Gasteiger partial charge in [0.25, 0.3) is 0 Å². The van der Waals surface area contributed by atoms with Gasteiger partial charge in [0.1, 0.15) is 0 Å². The number of aromatic nitrogens is 4. The summed E-state index contributed by atoms with van der Waals surface area (Å²) in [5, 5.41) is 20.0. The number of tetrazole rings is 1. The molecule has 0 aliphatic carbocycles. The number of benzene rings is 1. The predicted molar refractivity (Wildman–Crippen MR) is 117 cm³/mol. The van der Waals surface area contributed by atoms with E-state index in [0.717, 1.165) is 16.1 Å². The van der Waals surface area contributed by atoms with Gasteiger partial charge in [-0.05, 0) is 47.9 Å². The zero-order chi connectivity index (χ0) is 21.8. The summed E-state index contributed by atoms with van der Waals surface area (Å²) >= 11 is 2.78. The van der Waals surface area contributed by atoms with Crippen molar-refractivity contribution >= 4 is 35.1 Å². The van der Waals surface area contributed by atoms with Gasteiger partial charge in [0.05, 0.1) is 23.9 Å². The maximum atomic E-state index is 12.8. The van der Waals surface area contributed by atoms with Crippen molar-refractivity contribution in [3.8, 4) is 5.69 Å². The molecule has 0 unspecified atom stereocenters. The van der Waals surface area contributed by atoms with Crippen LogP contribution < -0.4 is 10.6 Å². The molecular formula is C20H20N6O3S2. The zero-order valence-corrected chi connectivity index (χ0v) is 18.5. The smallest absolute Gasteiger partial charge is 0.338 e. The van der Waals surface area contributed by atoms with Crippen LogP contribution in [0.4, 0.5) is 4.79 Å². The van der Waals surface area contributed by atoms with E-state index < -0.39 is 12.0 Å². The minimum Gasteiger partial charge on any atom is -0.463 e. The molecule has 1 aromatic carbocycles. The van der Waals surface area contributed by atoms with E-state index in [0.29, 0.717) is 16.4 Å². The monoisotopic (exact) mass is 456 g/mol. The van der Waals surface area contributed by atoms with Crippen molar-refractivity contribution in [3.05, 3.63) is 63.5 Å². The van der Waals surface area contributed by atoms with Crippen molar-refractivity contribution in [3.63, 3.8) is 0 Å². The summed E-state index contributed by atoms with van der Waals surface area (Å²) in [6.45, 7) is 3.99.